The van der Waals surface area contributed by atoms with E-state index in [0.717, 1.165) is 4.46 Å². The van der Waals surface area contributed by atoms with E-state index in [4.69, 9.17) is 14.2 Å². The molecule has 0 aromatic heterocycles. The third-order valence-corrected chi connectivity index (χ3v) is 4.25. The summed E-state index contributed by atoms with van der Waals surface area (Å²) in [6.07, 6.45) is 0. The van der Waals surface area contributed by atoms with Gasteiger partial charge in [-0.25, -0.2) is 0 Å². The SMILES string of the molecule is CCOC(=O)C[Se]c1cccc(OCOC)c1C#N. The summed E-state index contributed by atoms with van der Waals surface area (Å²) >= 11 is -0.149. The van der Waals surface area contributed by atoms with Crippen LogP contribution < -0.4 is 9.20 Å². The number of methoxy groups -OCH3 is 1. The Labute approximate surface area is 118 Å². The maximum absolute atomic E-state index is 11.3. The Morgan fingerprint density at radius 2 is 2.26 bits per heavy atom. The second kappa shape index (κ2) is 8.54. The fraction of sp³-hybridized carbons (Fsp3) is 0.385. The number of rotatable bonds is 7. The van der Waals surface area contributed by atoms with Crippen LogP contribution >= 0.6 is 0 Å². The number of carbonyl (C=O) groups is 1. The summed E-state index contributed by atoms with van der Waals surface area (Å²) in [7, 11) is 1.51. The zero-order valence-corrected chi connectivity index (χ0v) is 12.6. The molecule has 0 aliphatic heterocycles. The summed E-state index contributed by atoms with van der Waals surface area (Å²) in [4.78, 5) is 11.3. The third kappa shape index (κ3) is 4.92. The fourth-order valence-electron chi connectivity index (χ4n) is 1.32. The van der Waals surface area contributed by atoms with E-state index in [1.165, 1.54) is 7.11 Å². The number of benzene rings is 1. The summed E-state index contributed by atoms with van der Waals surface area (Å²) in [5.41, 5.74) is 0.462. The van der Waals surface area contributed by atoms with Crippen LogP contribution in [0.25, 0.3) is 0 Å². The first kappa shape index (κ1) is 15.5. The first-order valence-corrected chi connectivity index (χ1v) is 7.73. The van der Waals surface area contributed by atoms with Gasteiger partial charge in [0.2, 0.25) is 0 Å². The van der Waals surface area contributed by atoms with Crippen molar-refractivity contribution in [1.29, 1.82) is 5.26 Å². The van der Waals surface area contributed by atoms with Gasteiger partial charge < -0.3 is 0 Å². The van der Waals surface area contributed by atoms with Crippen LogP contribution in [0.3, 0.4) is 0 Å². The molecule has 0 amide bonds. The molecule has 1 aromatic carbocycles. The molecule has 19 heavy (non-hydrogen) atoms. The van der Waals surface area contributed by atoms with Crippen molar-refractivity contribution in [2.75, 3.05) is 20.5 Å². The van der Waals surface area contributed by atoms with Crippen LogP contribution in [-0.4, -0.2) is 41.4 Å². The number of hydrogen-bond donors (Lipinski definition) is 0. The molecule has 0 bridgehead atoms. The Morgan fingerprint density at radius 3 is 2.89 bits per heavy atom. The van der Waals surface area contributed by atoms with Gasteiger partial charge in [-0.15, -0.1) is 0 Å². The molecule has 0 atom stereocenters. The summed E-state index contributed by atoms with van der Waals surface area (Å²) in [6.45, 7) is 2.23. The number of ether oxygens (including phenoxy) is 3. The second-order valence-electron chi connectivity index (χ2n) is 3.39. The average Bonchev–Trinajstić information content (AvgIpc) is 2.43. The molecule has 5 nitrogen and oxygen atoms in total. The Morgan fingerprint density at radius 1 is 1.47 bits per heavy atom. The third-order valence-electron chi connectivity index (χ3n) is 2.08. The average molecular weight is 328 g/mol. The molecule has 0 fully saturated rings. The monoisotopic (exact) mass is 329 g/mol. The zero-order chi connectivity index (χ0) is 14.1. The van der Waals surface area contributed by atoms with Crippen molar-refractivity contribution in [3.8, 4) is 11.8 Å². The van der Waals surface area contributed by atoms with Crippen molar-refractivity contribution in [1.82, 2.24) is 0 Å². The molecule has 0 unspecified atom stereocenters. The van der Waals surface area contributed by atoms with E-state index in [0.29, 0.717) is 23.2 Å². The molecular formula is C13H15NO4Se. The van der Waals surface area contributed by atoms with Crippen LogP contribution in [0.4, 0.5) is 0 Å². The number of esters is 1. The predicted molar refractivity (Wildman–Crippen MR) is 70.5 cm³/mol. The fourth-order valence-corrected chi connectivity index (χ4v) is 3.05. The van der Waals surface area contributed by atoms with Crippen molar-refractivity contribution in [2.24, 2.45) is 0 Å². The van der Waals surface area contributed by atoms with Crippen molar-refractivity contribution >= 4 is 25.4 Å². The quantitative estimate of drug-likeness (QED) is 0.422. The van der Waals surface area contributed by atoms with E-state index in [1.807, 2.05) is 6.07 Å². The van der Waals surface area contributed by atoms with Gasteiger partial charge >= 0.3 is 118 Å². The summed E-state index contributed by atoms with van der Waals surface area (Å²) in [5, 5.41) is 9.50. The van der Waals surface area contributed by atoms with Crippen molar-refractivity contribution in [3.63, 3.8) is 0 Å². The first-order chi connectivity index (χ1) is 9.22. The summed E-state index contributed by atoms with van der Waals surface area (Å²) < 4.78 is 15.8. The molecule has 0 spiro atoms. The maximum atomic E-state index is 11.3. The van der Waals surface area contributed by atoms with Gasteiger partial charge in [-0.1, -0.05) is 0 Å². The molecule has 1 aromatic rings. The number of nitrogens with zero attached hydrogens (tertiary/aromatic N) is 1. The van der Waals surface area contributed by atoms with E-state index >= 15 is 0 Å². The summed E-state index contributed by atoms with van der Waals surface area (Å²) in [5.74, 6) is 0.238. The van der Waals surface area contributed by atoms with Crippen LogP contribution in [0.5, 0.6) is 5.75 Å². The molecule has 0 saturated carbocycles. The van der Waals surface area contributed by atoms with Gasteiger partial charge in [-0.3, -0.25) is 0 Å². The van der Waals surface area contributed by atoms with Gasteiger partial charge in [0.25, 0.3) is 0 Å². The zero-order valence-electron chi connectivity index (χ0n) is 10.8. The summed E-state index contributed by atoms with van der Waals surface area (Å²) in [6, 6.07) is 7.45. The van der Waals surface area contributed by atoms with Crippen LogP contribution in [0.15, 0.2) is 18.2 Å². The molecule has 0 saturated heterocycles. The number of hydrogen-bond acceptors (Lipinski definition) is 5. The molecule has 1 rings (SSSR count). The van der Waals surface area contributed by atoms with Gasteiger partial charge in [0.1, 0.15) is 0 Å². The van der Waals surface area contributed by atoms with Crippen LogP contribution in [0.2, 0.25) is 5.32 Å². The number of carbonyl (C=O) groups excluding carboxylic acids is 1. The Bertz CT molecular complexity index is 470. The van der Waals surface area contributed by atoms with E-state index in [1.54, 1.807) is 19.1 Å². The molecule has 0 heterocycles. The van der Waals surface area contributed by atoms with Gasteiger partial charge in [0.05, 0.1) is 0 Å². The van der Waals surface area contributed by atoms with Crippen LogP contribution in [0.1, 0.15) is 12.5 Å². The first-order valence-electron chi connectivity index (χ1n) is 5.66. The van der Waals surface area contributed by atoms with Crippen LogP contribution in [0, 0.1) is 11.3 Å². The molecule has 0 aliphatic rings. The molecule has 0 aliphatic carbocycles. The standard InChI is InChI=1S/C13H15NO4Se/c1-3-17-13(15)8-19-12-6-4-5-11(10(12)7-14)18-9-16-2/h4-6H,3,8-9H2,1-2H3. The van der Waals surface area contributed by atoms with Crippen molar-refractivity contribution < 1.29 is 19.0 Å². The minimum atomic E-state index is -0.241. The molecule has 6 heteroatoms. The topological polar surface area (TPSA) is 68.6 Å². The normalized spacial score (nSPS) is 9.74. The predicted octanol–water partition coefficient (Wildman–Crippen LogP) is 0.852. The van der Waals surface area contributed by atoms with Gasteiger partial charge in [0, 0.05) is 0 Å². The van der Waals surface area contributed by atoms with Crippen LogP contribution in [-0.2, 0) is 14.3 Å². The Hall–Kier alpha value is -1.54. The minimum absolute atomic E-state index is 0.0863. The number of nitriles is 1. The molecule has 102 valence electrons. The van der Waals surface area contributed by atoms with E-state index < -0.39 is 0 Å². The molecule has 0 N–H and O–H groups in total. The van der Waals surface area contributed by atoms with E-state index in [2.05, 4.69) is 6.07 Å². The molecular weight excluding hydrogens is 313 g/mol. The van der Waals surface area contributed by atoms with Crippen molar-refractivity contribution in [2.45, 2.75) is 12.2 Å². The van der Waals surface area contributed by atoms with Crippen molar-refractivity contribution in [3.05, 3.63) is 23.8 Å². The second-order valence-corrected chi connectivity index (χ2v) is 5.52. The van der Waals surface area contributed by atoms with E-state index in [-0.39, 0.29) is 27.7 Å². The van der Waals surface area contributed by atoms with E-state index in [9.17, 15) is 10.1 Å². The molecule has 0 radical (unpaired) electrons. The van der Waals surface area contributed by atoms with Gasteiger partial charge in [-0.2, -0.15) is 0 Å². The Balaban J connectivity index is 2.77. The van der Waals surface area contributed by atoms with Gasteiger partial charge in [0.15, 0.2) is 0 Å². The Kier molecular flexibility index (Phi) is 6.98. The van der Waals surface area contributed by atoms with Gasteiger partial charge in [-0.05, 0) is 0 Å².